The number of hydrogen-bond acceptors (Lipinski definition) is 6. The van der Waals surface area contributed by atoms with E-state index < -0.39 is 0 Å². The largest absolute Gasteiger partial charge is 0.492 e. The van der Waals surface area contributed by atoms with E-state index in [1.807, 2.05) is 49.6 Å². The molecule has 0 unspecified atom stereocenters. The third-order valence-electron chi connectivity index (χ3n) is 3.86. The standard InChI is InChI=1S/C19H21N3O3S2/c1-3-22-18(24)17-15(7-10-26-17)21-19(22)27-12-16(23)20-8-9-25-14-6-4-5-13(2)11-14/h4-7,10-11H,3,8-9,12H2,1-2H3,(H,20,23). The molecule has 1 aromatic carbocycles. The first-order valence-electron chi connectivity index (χ1n) is 8.65. The summed E-state index contributed by atoms with van der Waals surface area (Å²) in [5, 5.41) is 5.25. The minimum absolute atomic E-state index is 0.0491. The van der Waals surface area contributed by atoms with Crippen LogP contribution < -0.4 is 15.6 Å². The fraction of sp³-hybridized carbons (Fsp3) is 0.316. The Morgan fingerprint density at radius 3 is 3.00 bits per heavy atom. The Balaban J connectivity index is 1.50. The number of carbonyl (C=O) groups excluding carboxylic acids is 1. The van der Waals surface area contributed by atoms with Crippen LogP contribution in [0, 0.1) is 6.92 Å². The van der Waals surface area contributed by atoms with Gasteiger partial charge in [-0.15, -0.1) is 11.3 Å². The van der Waals surface area contributed by atoms with E-state index in [0.717, 1.165) is 11.3 Å². The van der Waals surface area contributed by atoms with E-state index in [-0.39, 0.29) is 17.2 Å². The molecule has 0 saturated carbocycles. The van der Waals surface area contributed by atoms with Crippen molar-refractivity contribution in [3.8, 4) is 5.75 Å². The number of benzene rings is 1. The lowest BCUT2D eigenvalue weighted by Gasteiger charge is -2.10. The number of nitrogens with zero attached hydrogens (tertiary/aromatic N) is 2. The minimum Gasteiger partial charge on any atom is -0.492 e. The number of thiophene rings is 1. The molecule has 0 radical (unpaired) electrons. The van der Waals surface area contributed by atoms with Crippen LogP contribution in [0.2, 0.25) is 0 Å². The van der Waals surface area contributed by atoms with Crippen molar-refractivity contribution in [1.82, 2.24) is 14.9 Å². The summed E-state index contributed by atoms with van der Waals surface area (Å²) in [5.74, 6) is 0.876. The van der Waals surface area contributed by atoms with Crippen molar-refractivity contribution >= 4 is 39.2 Å². The minimum atomic E-state index is -0.116. The zero-order valence-corrected chi connectivity index (χ0v) is 16.9. The van der Waals surface area contributed by atoms with E-state index >= 15 is 0 Å². The molecule has 2 aromatic heterocycles. The van der Waals surface area contributed by atoms with Crippen LogP contribution in [0.25, 0.3) is 10.2 Å². The molecule has 0 fully saturated rings. The lowest BCUT2D eigenvalue weighted by molar-refractivity contribution is -0.118. The monoisotopic (exact) mass is 403 g/mol. The number of fused-ring (bicyclic) bond motifs is 1. The van der Waals surface area contributed by atoms with Crippen LogP contribution in [0.5, 0.6) is 5.75 Å². The Labute approximate surface area is 165 Å². The highest BCUT2D eigenvalue weighted by Crippen LogP contribution is 2.20. The summed E-state index contributed by atoms with van der Waals surface area (Å²) in [4.78, 5) is 29.1. The van der Waals surface area contributed by atoms with Crippen LogP contribution >= 0.6 is 23.1 Å². The number of hydrogen-bond donors (Lipinski definition) is 1. The van der Waals surface area contributed by atoms with Crippen molar-refractivity contribution in [3.63, 3.8) is 0 Å². The second-order valence-corrected chi connectivity index (χ2v) is 7.74. The molecule has 0 aliphatic rings. The molecule has 0 atom stereocenters. The molecule has 142 valence electrons. The SMILES string of the molecule is CCn1c(SCC(=O)NCCOc2cccc(C)c2)nc2ccsc2c1=O. The summed E-state index contributed by atoms with van der Waals surface area (Å²) < 4.78 is 7.87. The van der Waals surface area contributed by atoms with Gasteiger partial charge in [-0.3, -0.25) is 14.2 Å². The number of amides is 1. The van der Waals surface area contributed by atoms with Gasteiger partial charge >= 0.3 is 0 Å². The zero-order chi connectivity index (χ0) is 19.2. The molecule has 1 N–H and O–H groups in total. The zero-order valence-electron chi connectivity index (χ0n) is 15.2. The highest BCUT2D eigenvalue weighted by atomic mass is 32.2. The second-order valence-electron chi connectivity index (χ2n) is 5.88. The lowest BCUT2D eigenvalue weighted by atomic mass is 10.2. The lowest BCUT2D eigenvalue weighted by Crippen LogP contribution is -2.30. The number of carbonyl (C=O) groups is 1. The molecule has 3 aromatic rings. The maximum atomic E-state index is 12.5. The average molecular weight is 404 g/mol. The van der Waals surface area contributed by atoms with E-state index in [1.165, 1.54) is 23.1 Å². The summed E-state index contributed by atoms with van der Waals surface area (Å²) in [6.07, 6.45) is 0. The van der Waals surface area contributed by atoms with Gasteiger partial charge in [0, 0.05) is 6.54 Å². The smallest absolute Gasteiger partial charge is 0.272 e. The highest BCUT2D eigenvalue weighted by Gasteiger charge is 2.13. The molecule has 0 saturated heterocycles. The summed E-state index contributed by atoms with van der Waals surface area (Å²) in [6, 6.07) is 9.61. The molecule has 2 heterocycles. The number of thioether (sulfide) groups is 1. The first kappa shape index (κ1) is 19.4. The molecule has 0 aliphatic heterocycles. The predicted molar refractivity (Wildman–Crippen MR) is 110 cm³/mol. The summed E-state index contributed by atoms with van der Waals surface area (Å²) in [7, 11) is 0. The van der Waals surface area contributed by atoms with Gasteiger partial charge in [-0.05, 0) is 43.0 Å². The van der Waals surface area contributed by atoms with Crippen LogP contribution in [0.1, 0.15) is 12.5 Å². The van der Waals surface area contributed by atoms with Gasteiger partial charge < -0.3 is 10.1 Å². The van der Waals surface area contributed by atoms with Crippen molar-refractivity contribution in [2.45, 2.75) is 25.5 Å². The summed E-state index contributed by atoms with van der Waals surface area (Å²) >= 11 is 2.66. The van der Waals surface area contributed by atoms with Gasteiger partial charge in [0.25, 0.3) is 5.56 Å². The number of aryl methyl sites for hydroxylation is 1. The van der Waals surface area contributed by atoms with E-state index in [2.05, 4.69) is 10.3 Å². The fourth-order valence-corrected chi connectivity index (χ4v) is 4.23. The number of rotatable bonds is 8. The number of ether oxygens (including phenoxy) is 1. The van der Waals surface area contributed by atoms with E-state index in [1.54, 1.807) is 4.57 Å². The summed E-state index contributed by atoms with van der Waals surface area (Å²) in [6.45, 7) is 5.25. The highest BCUT2D eigenvalue weighted by molar-refractivity contribution is 7.99. The van der Waals surface area contributed by atoms with Crippen molar-refractivity contribution in [2.24, 2.45) is 0 Å². The molecular formula is C19H21N3O3S2. The number of nitrogens with one attached hydrogen (secondary N) is 1. The van der Waals surface area contributed by atoms with Crippen LogP contribution in [0.15, 0.2) is 45.7 Å². The molecule has 0 spiro atoms. The fourth-order valence-electron chi connectivity index (χ4n) is 2.56. The van der Waals surface area contributed by atoms with Crippen LogP contribution in [0.3, 0.4) is 0 Å². The molecular weight excluding hydrogens is 382 g/mol. The Morgan fingerprint density at radius 1 is 1.37 bits per heavy atom. The molecule has 27 heavy (non-hydrogen) atoms. The molecule has 1 amide bonds. The maximum absolute atomic E-state index is 12.5. The van der Waals surface area contributed by atoms with Gasteiger partial charge in [-0.2, -0.15) is 0 Å². The molecule has 8 heteroatoms. The maximum Gasteiger partial charge on any atom is 0.272 e. The van der Waals surface area contributed by atoms with Crippen LogP contribution in [-0.4, -0.2) is 34.4 Å². The Hall–Kier alpha value is -2.32. The van der Waals surface area contributed by atoms with Crippen molar-refractivity contribution in [2.75, 3.05) is 18.9 Å². The Morgan fingerprint density at radius 2 is 2.22 bits per heavy atom. The van der Waals surface area contributed by atoms with E-state index in [4.69, 9.17) is 4.74 Å². The van der Waals surface area contributed by atoms with Crippen LogP contribution in [-0.2, 0) is 11.3 Å². The van der Waals surface area contributed by atoms with Gasteiger partial charge in [-0.1, -0.05) is 23.9 Å². The molecule has 0 bridgehead atoms. The van der Waals surface area contributed by atoms with Gasteiger partial charge in [0.1, 0.15) is 17.1 Å². The van der Waals surface area contributed by atoms with Gasteiger partial charge in [0.15, 0.2) is 5.16 Å². The summed E-state index contributed by atoms with van der Waals surface area (Å²) in [5.41, 5.74) is 1.76. The molecule has 0 aliphatic carbocycles. The molecule has 6 nitrogen and oxygen atoms in total. The quantitative estimate of drug-likeness (QED) is 0.355. The third kappa shape index (κ3) is 4.90. The first-order valence-corrected chi connectivity index (χ1v) is 10.5. The topological polar surface area (TPSA) is 73.2 Å². The number of aromatic nitrogens is 2. The average Bonchev–Trinajstić information content (AvgIpc) is 3.12. The second kappa shape index (κ2) is 9.05. The Bertz CT molecular complexity index is 997. The van der Waals surface area contributed by atoms with E-state index in [0.29, 0.717) is 35.1 Å². The predicted octanol–water partition coefficient (Wildman–Crippen LogP) is 3.07. The van der Waals surface area contributed by atoms with Gasteiger partial charge in [0.2, 0.25) is 5.91 Å². The van der Waals surface area contributed by atoms with Crippen molar-refractivity contribution in [1.29, 1.82) is 0 Å². The van der Waals surface area contributed by atoms with Gasteiger partial charge in [0.05, 0.1) is 17.8 Å². The van der Waals surface area contributed by atoms with E-state index in [9.17, 15) is 9.59 Å². The Kier molecular flexibility index (Phi) is 6.52. The van der Waals surface area contributed by atoms with Crippen molar-refractivity contribution in [3.05, 3.63) is 51.6 Å². The molecule has 3 rings (SSSR count). The van der Waals surface area contributed by atoms with Crippen LogP contribution in [0.4, 0.5) is 0 Å². The first-order chi connectivity index (χ1) is 13.1. The van der Waals surface area contributed by atoms with Crippen molar-refractivity contribution < 1.29 is 9.53 Å². The normalized spacial score (nSPS) is 10.9. The third-order valence-corrected chi connectivity index (χ3v) is 5.73. The van der Waals surface area contributed by atoms with Gasteiger partial charge in [-0.25, -0.2) is 4.98 Å².